The minimum atomic E-state index is 0. The largest absolute Gasteiger partial charge is 0.336 e. The van der Waals surface area contributed by atoms with E-state index < -0.39 is 0 Å². The van der Waals surface area contributed by atoms with E-state index >= 15 is 0 Å². The Bertz CT molecular complexity index is 364. The Morgan fingerprint density at radius 1 is 1.50 bits per heavy atom. The summed E-state index contributed by atoms with van der Waals surface area (Å²) in [6.07, 6.45) is 6.63. The number of nitrogens with zero attached hydrogens (tertiary/aromatic N) is 3. The van der Waals surface area contributed by atoms with Crippen LogP contribution < -0.4 is 5.73 Å². The fraction of sp³-hybridized carbons (Fsp3) is 0.769. The molecule has 1 aromatic heterocycles. The van der Waals surface area contributed by atoms with Crippen LogP contribution in [0.3, 0.4) is 0 Å². The van der Waals surface area contributed by atoms with E-state index in [1.165, 1.54) is 19.4 Å². The molecule has 0 saturated carbocycles. The fourth-order valence-electron chi connectivity index (χ4n) is 2.44. The number of halogens is 1. The number of rotatable bonds is 4. The number of likely N-dealkylation sites (N-methyl/N-ethyl adjacent to an activating group) is 1. The van der Waals surface area contributed by atoms with E-state index in [-0.39, 0.29) is 18.4 Å². The standard InChI is InChI=1S/C13H24N4.ClH/c1-10(2)13(14)12-8-17(9-15-12)7-11-5-4-6-16(11)3;/h8-11,13H,4-7,14H2,1-3H3;1H/t11?,13-;/m0./s1. The zero-order valence-electron chi connectivity index (χ0n) is 11.5. The Hall–Kier alpha value is -0.580. The topological polar surface area (TPSA) is 47.1 Å². The van der Waals surface area contributed by atoms with Gasteiger partial charge in [0.1, 0.15) is 0 Å². The van der Waals surface area contributed by atoms with Crippen LogP contribution in [0.25, 0.3) is 0 Å². The SMILES string of the molecule is CC(C)[C@H](N)c1cn(CC2CCCN2C)cn1.Cl. The van der Waals surface area contributed by atoms with E-state index in [9.17, 15) is 0 Å². The summed E-state index contributed by atoms with van der Waals surface area (Å²) >= 11 is 0. The number of hydrogen-bond donors (Lipinski definition) is 1. The lowest BCUT2D eigenvalue weighted by Crippen LogP contribution is -2.28. The van der Waals surface area contributed by atoms with Crippen LogP contribution >= 0.6 is 12.4 Å². The predicted octanol–water partition coefficient (Wildman–Crippen LogP) is 2.05. The quantitative estimate of drug-likeness (QED) is 0.913. The molecule has 4 nitrogen and oxygen atoms in total. The van der Waals surface area contributed by atoms with Crippen LogP contribution in [-0.4, -0.2) is 34.1 Å². The van der Waals surface area contributed by atoms with Crippen molar-refractivity contribution < 1.29 is 0 Å². The van der Waals surface area contributed by atoms with E-state index in [2.05, 4.69) is 41.5 Å². The van der Waals surface area contributed by atoms with Gasteiger partial charge < -0.3 is 15.2 Å². The molecule has 1 aliphatic heterocycles. The first kappa shape index (κ1) is 15.5. The van der Waals surface area contributed by atoms with Crippen molar-refractivity contribution in [3.8, 4) is 0 Å². The second-order valence-electron chi connectivity index (χ2n) is 5.54. The molecule has 5 heteroatoms. The van der Waals surface area contributed by atoms with Crippen molar-refractivity contribution in [3.63, 3.8) is 0 Å². The normalized spacial score (nSPS) is 22.2. The lowest BCUT2D eigenvalue weighted by molar-refractivity contribution is 0.282. The molecular formula is C13H25ClN4. The van der Waals surface area contributed by atoms with Crippen molar-refractivity contribution in [2.24, 2.45) is 11.7 Å². The van der Waals surface area contributed by atoms with E-state index in [0.29, 0.717) is 12.0 Å². The highest BCUT2D eigenvalue weighted by Crippen LogP contribution is 2.19. The lowest BCUT2D eigenvalue weighted by Gasteiger charge is -2.19. The molecular weight excluding hydrogens is 248 g/mol. The van der Waals surface area contributed by atoms with Gasteiger partial charge in [-0.25, -0.2) is 4.98 Å². The maximum atomic E-state index is 6.10. The third-order valence-electron chi connectivity index (χ3n) is 3.81. The molecule has 0 radical (unpaired) electrons. The average molecular weight is 273 g/mol. The molecule has 0 aliphatic carbocycles. The fourth-order valence-corrected chi connectivity index (χ4v) is 2.44. The van der Waals surface area contributed by atoms with Crippen LogP contribution in [-0.2, 0) is 6.54 Å². The summed E-state index contributed by atoms with van der Waals surface area (Å²) in [7, 11) is 2.20. The highest BCUT2D eigenvalue weighted by atomic mass is 35.5. The molecule has 104 valence electrons. The van der Waals surface area contributed by atoms with Crippen molar-refractivity contribution in [1.29, 1.82) is 0 Å². The minimum Gasteiger partial charge on any atom is -0.336 e. The van der Waals surface area contributed by atoms with Gasteiger partial charge in [0.25, 0.3) is 0 Å². The molecule has 2 N–H and O–H groups in total. The number of nitrogens with two attached hydrogens (primary N) is 1. The molecule has 0 amide bonds. The van der Waals surface area contributed by atoms with Crippen molar-refractivity contribution in [2.75, 3.05) is 13.6 Å². The van der Waals surface area contributed by atoms with Crippen LogP contribution in [0.5, 0.6) is 0 Å². The average Bonchev–Trinajstić information content (AvgIpc) is 2.88. The van der Waals surface area contributed by atoms with E-state index in [4.69, 9.17) is 5.73 Å². The Morgan fingerprint density at radius 3 is 2.78 bits per heavy atom. The summed E-state index contributed by atoms with van der Waals surface area (Å²) < 4.78 is 2.18. The summed E-state index contributed by atoms with van der Waals surface area (Å²) in [5, 5.41) is 0. The van der Waals surface area contributed by atoms with E-state index in [1.807, 2.05) is 6.33 Å². The van der Waals surface area contributed by atoms with Crippen LogP contribution in [0.4, 0.5) is 0 Å². The zero-order chi connectivity index (χ0) is 12.4. The number of hydrogen-bond acceptors (Lipinski definition) is 3. The Kier molecular flexibility index (Phi) is 5.63. The molecule has 0 aromatic carbocycles. The van der Waals surface area contributed by atoms with Gasteiger partial charge in [-0.2, -0.15) is 0 Å². The molecule has 2 rings (SSSR count). The molecule has 1 aromatic rings. The Morgan fingerprint density at radius 2 is 2.22 bits per heavy atom. The minimum absolute atomic E-state index is 0. The van der Waals surface area contributed by atoms with Crippen molar-refractivity contribution in [3.05, 3.63) is 18.2 Å². The summed E-state index contributed by atoms with van der Waals surface area (Å²) in [5.41, 5.74) is 7.11. The third kappa shape index (κ3) is 3.46. The first-order valence-corrected chi connectivity index (χ1v) is 6.55. The number of likely N-dealkylation sites (tertiary alicyclic amines) is 1. The van der Waals surface area contributed by atoms with E-state index in [1.54, 1.807) is 0 Å². The highest BCUT2D eigenvalue weighted by Gasteiger charge is 2.21. The Balaban J connectivity index is 0.00000162. The second-order valence-corrected chi connectivity index (χ2v) is 5.54. The molecule has 18 heavy (non-hydrogen) atoms. The molecule has 1 aliphatic rings. The summed E-state index contributed by atoms with van der Waals surface area (Å²) in [6, 6.07) is 0.713. The molecule has 0 spiro atoms. The van der Waals surface area contributed by atoms with Gasteiger partial charge in [0.2, 0.25) is 0 Å². The van der Waals surface area contributed by atoms with Gasteiger partial charge in [-0.05, 0) is 32.4 Å². The van der Waals surface area contributed by atoms with Gasteiger partial charge in [-0.3, -0.25) is 0 Å². The molecule has 1 fully saturated rings. The van der Waals surface area contributed by atoms with Gasteiger partial charge in [-0.15, -0.1) is 12.4 Å². The highest BCUT2D eigenvalue weighted by molar-refractivity contribution is 5.85. The molecule has 2 atom stereocenters. The monoisotopic (exact) mass is 272 g/mol. The lowest BCUT2D eigenvalue weighted by atomic mass is 10.0. The summed E-state index contributed by atoms with van der Waals surface area (Å²) in [5.74, 6) is 0.438. The summed E-state index contributed by atoms with van der Waals surface area (Å²) in [4.78, 5) is 6.86. The maximum Gasteiger partial charge on any atom is 0.0950 e. The second kappa shape index (κ2) is 6.55. The van der Waals surface area contributed by atoms with Crippen molar-refractivity contribution >= 4 is 12.4 Å². The molecule has 0 bridgehead atoms. The van der Waals surface area contributed by atoms with E-state index in [0.717, 1.165) is 12.2 Å². The summed E-state index contributed by atoms with van der Waals surface area (Å²) in [6.45, 7) is 6.52. The first-order chi connectivity index (χ1) is 8.08. The molecule has 1 saturated heterocycles. The van der Waals surface area contributed by atoms with Crippen LogP contribution in [0.2, 0.25) is 0 Å². The van der Waals surface area contributed by atoms with Gasteiger partial charge >= 0.3 is 0 Å². The molecule has 2 heterocycles. The Labute approximate surface area is 116 Å². The predicted molar refractivity (Wildman–Crippen MR) is 76.9 cm³/mol. The van der Waals surface area contributed by atoms with Gasteiger partial charge in [-0.1, -0.05) is 13.8 Å². The molecule has 1 unspecified atom stereocenters. The number of imidazole rings is 1. The number of aromatic nitrogens is 2. The van der Waals surface area contributed by atoms with Crippen LogP contribution in [0.15, 0.2) is 12.5 Å². The van der Waals surface area contributed by atoms with Gasteiger partial charge in [0, 0.05) is 18.8 Å². The van der Waals surface area contributed by atoms with Gasteiger partial charge in [0.15, 0.2) is 0 Å². The van der Waals surface area contributed by atoms with Crippen molar-refractivity contribution in [1.82, 2.24) is 14.5 Å². The zero-order valence-corrected chi connectivity index (χ0v) is 12.4. The smallest absolute Gasteiger partial charge is 0.0950 e. The maximum absolute atomic E-state index is 6.10. The van der Waals surface area contributed by atoms with Crippen molar-refractivity contribution in [2.45, 2.75) is 45.3 Å². The van der Waals surface area contributed by atoms with Crippen LogP contribution in [0.1, 0.15) is 38.4 Å². The third-order valence-corrected chi connectivity index (χ3v) is 3.81. The van der Waals surface area contributed by atoms with Gasteiger partial charge in [0.05, 0.1) is 18.1 Å². The van der Waals surface area contributed by atoms with Crippen LogP contribution in [0, 0.1) is 5.92 Å². The first-order valence-electron chi connectivity index (χ1n) is 6.55.